The number of anilines is 1. The average molecular weight is 297 g/mol. The van der Waals surface area contributed by atoms with E-state index in [9.17, 15) is 9.59 Å². The first kappa shape index (κ1) is 12.3. The zero-order chi connectivity index (χ0) is 13.4. The Morgan fingerprint density at radius 1 is 1.42 bits per heavy atom. The van der Waals surface area contributed by atoms with Crippen LogP contribution >= 0.6 is 22.9 Å². The van der Waals surface area contributed by atoms with Crippen molar-refractivity contribution in [3.8, 4) is 0 Å². The number of carbonyl (C=O) groups is 2. The van der Waals surface area contributed by atoms with Gasteiger partial charge in [0.15, 0.2) is 0 Å². The van der Waals surface area contributed by atoms with Gasteiger partial charge in [0.2, 0.25) is 17.1 Å². The Balaban J connectivity index is 1.91. The minimum Gasteiger partial charge on any atom is -0.358 e. The molecule has 0 aromatic carbocycles. The fraction of sp³-hybridized carbons (Fsp3) is 0.273. The molecule has 1 aliphatic rings. The van der Waals surface area contributed by atoms with E-state index in [1.165, 1.54) is 11.3 Å². The van der Waals surface area contributed by atoms with Crippen molar-refractivity contribution in [1.29, 1.82) is 0 Å². The van der Waals surface area contributed by atoms with Gasteiger partial charge < -0.3 is 5.32 Å². The van der Waals surface area contributed by atoms with Crippen LogP contribution in [0.1, 0.15) is 12.8 Å². The zero-order valence-corrected chi connectivity index (χ0v) is 11.2. The van der Waals surface area contributed by atoms with Crippen molar-refractivity contribution in [2.45, 2.75) is 18.9 Å². The summed E-state index contributed by atoms with van der Waals surface area (Å²) < 4.78 is 0. The van der Waals surface area contributed by atoms with Gasteiger partial charge in [0.25, 0.3) is 0 Å². The number of thiophene rings is 1. The second-order valence-corrected chi connectivity index (χ2v) is 5.36. The van der Waals surface area contributed by atoms with E-state index in [2.05, 4.69) is 20.6 Å². The number of halogens is 1. The molecule has 1 fully saturated rings. The number of rotatable bonds is 2. The Morgan fingerprint density at radius 2 is 2.26 bits per heavy atom. The van der Waals surface area contributed by atoms with Gasteiger partial charge in [-0.1, -0.05) is 0 Å². The molecule has 2 N–H and O–H groups in total. The molecular weight excluding hydrogens is 288 g/mol. The van der Waals surface area contributed by atoms with Gasteiger partial charge in [0.05, 0.1) is 5.39 Å². The third-order valence-corrected chi connectivity index (χ3v) is 3.82. The predicted octanol–water partition coefficient (Wildman–Crippen LogP) is 1.56. The Hall–Kier alpha value is -1.73. The SMILES string of the molecule is O=C1CCC(Nc2nc(Cl)nc3sccc23)C(=O)N1. The molecule has 8 heteroatoms. The molecule has 0 bridgehead atoms. The molecule has 6 nitrogen and oxygen atoms in total. The van der Waals surface area contributed by atoms with Gasteiger partial charge in [0, 0.05) is 6.42 Å². The number of aromatic nitrogens is 2. The standard InChI is InChI=1S/C11H9ClN4O2S/c12-11-15-8(5-3-4-19-10(5)16-11)13-6-1-2-7(17)14-9(6)18/h3-4,6H,1-2H2,(H,13,15,16)(H,14,17,18). The summed E-state index contributed by atoms with van der Waals surface area (Å²) in [4.78, 5) is 31.8. The van der Waals surface area contributed by atoms with E-state index in [1.54, 1.807) is 0 Å². The number of amides is 2. The van der Waals surface area contributed by atoms with E-state index in [-0.39, 0.29) is 17.1 Å². The molecular formula is C11H9ClN4O2S. The minimum atomic E-state index is -0.480. The van der Waals surface area contributed by atoms with Gasteiger partial charge >= 0.3 is 0 Å². The maximum Gasteiger partial charge on any atom is 0.249 e. The number of imide groups is 1. The van der Waals surface area contributed by atoms with E-state index in [0.717, 1.165) is 10.2 Å². The van der Waals surface area contributed by atoms with Gasteiger partial charge in [-0.25, -0.2) is 9.97 Å². The van der Waals surface area contributed by atoms with Crippen LogP contribution in [0, 0.1) is 0 Å². The summed E-state index contributed by atoms with van der Waals surface area (Å²) in [5, 5.41) is 8.15. The molecule has 98 valence electrons. The first-order valence-electron chi connectivity index (χ1n) is 5.64. The van der Waals surface area contributed by atoms with Crippen LogP contribution in [0.3, 0.4) is 0 Å². The number of carbonyl (C=O) groups excluding carboxylic acids is 2. The molecule has 0 saturated carbocycles. The number of nitrogens with one attached hydrogen (secondary N) is 2. The third-order valence-electron chi connectivity index (χ3n) is 2.85. The van der Waals surface area contributed by atoms with Crippen LogP contribution in [0.15, 0.2) is 11.4 Å². The summed E-state index contributed by atoms with van der Waals surface area (Å²) in [6.45, 7) is 0. The first-order valence-corrected chi connectivity index (χ1v) is 6.90. The van der Waals surface area contributed by atoms with Crippen LogP contribution in [0.5, 0.6) is 0 Å². The zero-order valence-electron chi connectivity index (χ0n) is 9.64. The molecule has 19 heavy (non-hydrogen) atoms. The second kappa shape index (κ2) is 4.75. The van der Waals surface area contributed by atoms with Crippen molar-refractivity contribution in [3.05, 3.63) is 16.7 Å². The van der Waals surface area contributed by atoms with E-state index in [0.29, 0.717) is 18.7 Å². The predicted molar refractivity (Wildman–Crippen MR) is 72.2 cm³/mol. The van der Waals surface area contributed by atoms with Crippen LogP contribution in [0.2, 0.25) is 5.28 Å². The molecule has 1 unspecified atom stereocenters. The number of piperidine rings is 1. The van der Waals surface area contributed by atoms with Crippen molar-refractivity contribution in [1.82, 2.24) is 15.3 Å². The second-order valence-electron chi connectivity index (χ2n) is 4.13. The molecule has 0 spiro atoms. The molecule has 1 saturated heterocycles. The van der Waals surface area contributed by atoms with Crippen LogP contribution in [0.25, 0.3) is 10.2 Å². The normalized spacial score (nSPS) is 19.5. The van der Waals surface area contributed by atoms with Gasteiger partial charge in [-0.05, 0) is 29.5 Å². The highest BCUT2D eigenvalue weighted by Gasteiger charge is 2.27. The Bertz CT molecular complexity index is 672. The lowest BCUT2D eigenvalue weighted by atomic mass is 10.1. The molecule has 0 radical (unpaired) electrons. The fourth-order valence-electron chi connectivity index (χ4n) is 1.94. The fourth-order valence-corrected chi connectivity index (χ4v) is 2.92. The van der Waals surface area contributed by atoms with E-state index in [1.807, 2.05) is 11.4 Å². The molecule has 2 amide bonds. The summed E-state index contributed by atoms with van der Waals surface area (Å²) in [5.41, 5.74) is 0. The van der Waals surface area contributed by atoms with Crippen LogP contribution in [0.4, 0.5) is 5.82 Å². The van der Waals surface area contributed by atoms with Crippen LogP contribution in [-0.4, -0.2) is 27.8 Å². The van der Waals surface area contributed by atoms with Gasteiger partial charge in [-0.15, -0.1) is 11.3 Å². The van der Waals surface area contributed by atoms with E-state index < -0.39 is 6.04 Å². The molecule has 1 atom stereocenters. The van der Waals surface area contributed by atoms with Crippen molar-refractivity contribution < 1.29 is 9.59 Å². The topological polar surface area (TPSA) is 84.0 Å². The molecule has 2 aromatic rings. The highest BCUT2D eigenvalue weighted by atomic mass is 35.5. The quantitative estimate of drug-likeness (QED) is 0.649. The lowest BCUT2D eigenvalue weighted by molar-refractivity contribution is -0.133. The molecule has 3 rings (SSSR count). The van der Waals surface area contributed by atoms with Crippen molar-refractivity contribution in [2.75, 3.05) is 5.32 Å². The van der Waals surface area contributed by atoms with E-state index in [4.69, 9.17) is 11.6 Å². The van der Waals surface area contributed by atoms with Gasteiger partial charge in [-0.3, -0.25) is 14.9 Å². The van der Waals surface area contributed by atoms with Crippen molar-refractivity contribution in [2.24, 2.45) is 0 Å². The van der Waals surface area contributed by atoms with Gasteiger partial charge in [-0.2, -0.15) is 0 Å². The molecule has 2 aromatic heterocycles. The van der Waals surface area contributed by atoms with Gasteiger partial charge in [0.1, 0.15) is 16.7 Å². The smallest absolute Gasteiger partial charge is 0.249 e. The summed E-state index contributed by atoms with van der Waals surface area (Å²) in [5.74, 6) is -0.0652. The Kier molecular flexibility index (Phi) is 3.08. The average Bonchev–Trinajstić information content (AvgIpc) is 2.80. The molecule has 1 aliphatic heterocycles. The number of hydrogen-bond donors (Lipinski definition) is 2. The summed E-state index contributed by atoms with van der Waals surface area (Å²) in [6.07, 6.45) is 0.757. The maximum absolute atomic E-state index is 11.7. The number of fused-ring (bicyclic) bond motifs is 1. The summed E-state index contributed by atoms with van der Waals surface area (Å²) in [6, 6.07) is 1.39. The lowest BCUT2D eigenvalue weighted by Crippen LogP contribution is -2.47. The summed E-state index contributed by atoms with van der Waals surface area (Å²) >= 11 is 7.30. The van der Waals surface area contributed by atoms with Crippen molar-refractivity contribution in [3.63, 3.8) is 0 Å². The number of hydrogen-bond acceptors (Lipinski definition) is 6. The highest BCUT2D eigenvalue weighted by Crippen LogP contribution is 2.27. The monoisotopic (exact) mass is 296 g/mol. The van der Waals surface area contributed by atoms with Crippen molar-refractivity contribution >= 4 is 50.8 Å². The summed E-state index contributed by atoms with van der Waals surface area (Å²) in [7, 11) is 0. The maximum atomic E-state index is 11.7. The van der Waals surface area contributed by atoms with Crippen LogP contribution in [-0.2, 0) is 9.59 Å². The Morgan fingerprint density at radius 3 is 3.05 bits per heavy atom. The first-order chi connectivity index (χ1) is 9.13. The molecule has 3 heterocycles. The third kappa shape index (κ3) is 2.39. The van der Waals surface area contributed by atoms with E-state index >= 15 is 0 Å². The largest absolute Gasteiger partial charge is 0.358 e. The molecule has 0 aliphatic carbocycles. The number of nitrogens with zero attached hydrogens (tertiary/aromatic N) is 2. The lowest BCUT2D eigenvalue weighted by Gasteiger charge is -2.22. The van der Waals surface area contributed by atoms with Crippen LogP contribution < -0.4 is 10.6 Å². The minimum absolute atomic E-state index is 0.129. The highest BCUT2D eigenvalue weighted by molar-refractivity contribution is 7.16. The Labute approximate surface area is 117 Å².